The topological polar surface area (TPSA) is 47.1 Å². The molecule has 5 heterocycles. The van der Waals surface area contributed by atoms with Crippen molar-refractivity contribution in [3.8, 4) is 0 Å². The zero-order valence-electron chi connectivity index (χ0n) is 30.6. The van der Waals surface area contributed by atoms with Crippen LogP contribution in [0.4, 0.5) is 11.4 Å². The highest BCUT2D eigenvalue weighted by molar-refractivity contribution is 6.31. The molecule has 276 valence electrons. The summed E-state index contributed by atoms with van der Waals surface area (Å²) in [6.45, 7) is 1.96. The fourth-order valence-corrected chi connectivity index (χ4v) is 11.3. The zero-order chi connectivity index (χ0) is 37.8. The lowest BCUT2D eigenvalue weighted by molar-refractivity contribution is -0.192. The minimum absolute atomic E-state index is 0.00692. The van der Waals surface area contributed by atoms with Crippen LogP contribution in [0.1, 0.15) is 56.6 Å². The van der Waals surface area contributed by atoms with E-state index in [-0.39, 0.29) is 11.8 Å². The number of benzene rings is 6. The smallest absolute Gasteiger partial charge is 0.254 e. The van der Waals surface area contributed by atoms with E-state index in [0.29, 0.717) is 36.2 Å². The molecule has 0 N–H and O–H groups in total. The van der Waals surface area contributed by atoms with E-state index < -0.39 is 23.2 Å². The summed E-state index contributed by atoms with van der Waals surface area (Å²) in [5, 5.41) is 1.16. The molecular weight excluding hydrogens is 735 g/mol. The van der Waals surface area contributed by atoms with E-state index in [2.05, 4.69) is 94.7 Å². The van der Waals surface area contributed by atoms with Gasteiger partial charge in [0.1, 0.15) is 11.1 Å². The predicted molar refractivity (Wildman–Crippen MR) is 221 cm³/mol. The summed E-state index contributed by atoms with van der Waals surface area (Å²) in [5.74, 6) is 0.0138. The van der Waals surface area contributed by atoms with E-state index in [1.54, 1.807) is 0 Å². The molecule has 56 heavy (non-hydrogen) atoms. The van der Waals surface area contributed by atoms with E-state index in [0.717, 1.165) is 57.6 Å². The Kier molecular flexibility index (Phi) is 7.68. The zero-order valence-corrected chi connectivity index (χ0v) is 32.1. The molecule has 5 aliphatic heterocycles. The van der Waals surface area contributed by atoms with Crippen LogP contribution < -0.4 is 9.80 Å². The fourth-order valence-electron chi connectivity index (χ4n) is 11.0. The number of amides is 2. The normalized spacial score (nSPS) is 24.8. The molecule has 0 bridgehead atoms. The van der Waals surface area contributed by atoms with Crippen LogP contribution in [0.3, 0.4) is 0 Å². The standard InChI is InChI=1S/C48H38Cl2N4O2/c49-35-19-21-39-41(27-35)51(29-31-11-3-1-4-12-31)45(55)47(39)43-37-17-9-7-15-33(37)24-26-54(43)48(44-38-18-10-8-16-34(38)23-25-53(44)47)40-22-20-36(50)28-42(40)52(46(48)56)30-32-13-5-2-6-14-32/h1-22,27-28,43-44H,23-26,29-30H2/t43-,44-,47+,48+/m1/s1. The number of hydrogen-bond donors (Lipinski definition) is 0. The summed E-state index contributed by atoms with van der Waals surface area (Å²) in [4.78, 5) is 41.3. The number of piperazine rings is 1. The Bertz CT molecular complexity index is 2400. The monoisotopic (exact) mass is 772 g/mol. The molecule has 2 amide bonds. The Labute approximate surface area is 336 Å². The number of halogens is 2. The molecule has 1 saturated heterocycles. The predicted octanol–water partition coefficient (Wildman–Crippen LogP) is 9.39. The second-order valence-corrected chi connectivity index (χ2v) is 16.6. The number of carbonyl (C=O) groups excluding carboxylic acids is 2. The highest BCUT2D eigenvalue weighted by Gasteiger charge is 2.75. The van der Waals surface area contributed by atoms with E-state index in [1.807, 2.05) is 70.5 Å². The summed E-state index contributed by atoms with van der Waals surface area (Å²) in [5.41, 5.74) is 7.75. The second-order valence-electron chi connectivity index (χ2n) is 15.7. The molecular formula is C48H38Cl2N4O2. The molecule has 6 nitrogen and oxygen atoms in total. The number of carbonyl (C=O) groups is 2. The van der Waals surface area contributed by atoms with Gasteiger partial charge in [0.05, 0.1) is 36.5 Å². The van der Waals surface area contributed by atoms with Crippen LogP contribution in [0.15, 0.2) is 146 Å². The molecule has 0 unspecified atom stereocenters. The molecule has 1 fully saturated rings. The molecule has 0 radical (unpaired) electrons. The molecule has 11 rings (SSSR count). The van der Waals surface area contributed by atoms with E-state index in [1.165, 1.54) is 11.1 Å². The fraction of sp³-hybridized carbons (Fsp3) is 0.208. The maximum Gasteiger partial charge on any atom is 0.254 e. The third kappa shape index (κ3) is 4.53. The van der Waals surface area contributed by atoms with Crippen LogP contribution in [-0.2, 0) is 46.6 Å². The van der Waals surface area contributed by atoms with Gasteiger partial charge in [0, 0.05) is 34.3 Å². The van der Waals surface area contributed by atoms with Crippen LogP contribution in [-0.4, -0.2) is 34.7 Å². The van der Waals surface area contributed by atoms with Crippen LogP contribution in [0, 0.1) is 0 Å². The number of hydrogen-bond acceptors (Lipinski definition) is 4. The number of fused-ring (bicyclic) bond motifs is 14. The maximum atomic E-state index is 16.3. The lowest BCUT2D eigenvalue weighted by atomic mass is 9.62. The minimum Gasteiger partial charge on any atom is -0.306 e. The van der Waals surface area contributed by atoms with Crippen molar-refractivity contribution in [3.63, 3.8) is 0 Å². The lowest BCUT2D eigenvalue weighted by Crippen LogP contribution is -2.76. The van der Waals surface area contributed by atoms with Gasteiger partial charge in [-0.25, -0.2) is 0 Å². The van der Waals surface area contributed by atoms with Gasteiger partial charge < -0.3 is 9.80 Å². The molecule has 0 saturated carbocycles. The van der Waals surface area contributed by atoms with Crippen LogP contribution in [0.25, 0.3) is 0 Å². The summed E-state index contributed by atoms with van der Waals surface area (Å²) in [7, 11) is 0. The SMILES string of the molecule is O=C1N(Cc2ccccc2)c2cc(Cl)ccc2[C@]12[C@H]1c3ccccc3CCN1[C@]1(C(=O)N(Cc3ccccc3)c3cc(Cl)ccc31)[C@H]1c3ccccc3CCN12. The number of nitrogens with zero attached hydrogens (tertiary/aromatic N) is 4. The average molecular weight is 774 g/mol. The van der Waals surface area contributed by atoms with Crippen molar-refractivity contribution in [2.75, 3.05) is 22.9 Å². The average Bonchev–Trinajstić information content (AvgIpc) is 3.60. The first-order chi connectivity index (χ1) is 27.4. The summed E-state index contributed by atoms with van der Waals surface area (Å²) >= 11 is 13.7. The van der Waals surface area contributed by atoms with E-state index in [4.69, 9.17) is 23.2 Å². The summed E-state index contributed by atoms with van der Waals surface area (Å²) in [6, 6.07) is 48.4. The molecule has 6 aromatic carbocycles. The molecule has 2 spiro atoms. The molecule has 0 aromatic heterocycles. The Hall–Kier alpha value is -5.24. The van der Waals surface area contributed by atoms with Gasteiger partial charge in [-0.2, -0.15) is 0 Å². The van der Waals surface area contributed by atoms with Gasteiger partial charge in [0.25, 0.3) is 11.8 Å². The first-order valence-corrected chi connectivity index (χ1v) is 20.2. The van der Waals surface area contributed by atoms with E-state index in [9.17, 15) is 0 Å². The third-order valence-electron chi connectivity index (χ3n) is 13.1. The summed E-state index contributed by atoms with van der Waals surface area (Å²) < 4.78 is 0. The molecule has 4 atom stereocenters. The second kappa shape index (κ2) is 12.6. The first kappa shape index (κ1) is 34.0. The van der Waals surface area contributed by atoms with Gasteiger partial charge in [0.2, 0.25) is 0 Å². The highest BCUT2D eigenvalue weighted by Crippen LogP contribution is 2.69. The van der Waals surface area contributed by atoms with Gasteiger partial charge in [-0.1, -0.05) is 145 Å². The first-order valence-electron chi connectivity index (χ1n) is 19.4. The van der Waals surface area contributed by atoms with Crippen molar-refractivity contribution in [2.45, 2.75) is 49.1 Å². The Morgan fingerprint density at radius 3 is 1.32 bits per heavy atom. The van der Waals surface area contributed by atoms with Crippen LogP contribution in [0.2, 0.25) is 10.0 Å². The quantitative estimate of drug-likeness (QED) is 0.179. The van der Waals surface area contributed by atoms with Gasteiger partial charge in [0.15, 0.2) is 0 Å². The molecule has 5 aliphatic rings. The van der Waals surface area contributed by atoms with Crippen LogP contribution >= 0.6 is 23.2 Å². The van der Waals surface area contributed by atoms with Crippen molar-refractivity contribution in [3.05, 3.63) is 200 Å². The van der Waals surface area contributed by atoms with Crippen LogP contribution in [0.5, 0.6) is 0 Å². The Morgan fingerprint density at radius 2 is 0.893 bits per heavy atom. The van der Waals surface area contributed by atoms with Crippen molar-refractivity contribution >= 4 is 46.4 Å². The third-order valence-corrected chi connectivity index (χ3v) is 13.6. The molecule has 6 aromatic rings. The number of anilines is 2. The lowest BCUT2D eigenvalue weighted by Gasteiger charge is -2.66. The van der Waals surface area contributed by atoms with Crippen molar-refractivity contribution in [1.82, 2.24) is 9.80 Å². The maximum absolute atomic E-state index is 16.3. The molecule has 0 aliphatic carbocycles. The van der Waals surface area contributed by atoms with Gasteiger partial charge in [-0.3, -0.25) is 19.4 Å². The van der Waals surface area contributed by atoms with E-state index >= 15 is 9.59 Å². The van der Waals surface area contributed by atoms with Crippen molar-refractivity contribution < 1.29 is 9.59 Å². The minimum atomic E-state index is -1.19. The summed E-state index contributed by atoms with van der Waals surface area (Å²) in [6.07, 6.45) is 1.48. The highest BCUT2D eigenvalue weighted by atomic mass is 35.5. The number of rotatable bonds is 4. The Balaban J connectivity index is 1.23. The van der Waals surface area contributed by atoms with Crippen molar-refractivity contribution in [2.24, 2.45) is 0 Å². The van der Waals surface area contributed by atoms with Crippen molar-refractivity contribution in [1.29, 1.82) is 0 Å². The van der Waals surface area contributed by atoms with Gasteiger partial charge >= 0.3 is 0 Å². The van der Waals surface area contributed by atoms with Gasteiger partial charge in [-0.05, 0) is 70.5 Å². The van der Waals surface area contributed by atoms with Gasteiger partial charge in [-0.15, -0.1) is 0 Å². The largest absolute Gasteiger partial charge is 0.306 e. The Morgan fingerprint density at radius 1 is 0.500 bits per heavy atom. The molecule has 8 heteroatoms.